The Morgan fingerprint density at radius 1 is 1.00 bits per heavy atom. The van der Waals surface area contributed by atoms with Gasteiger partial charge < -0.3 is 5.32 Å². The van der Waals surface area contributed by atoms with Crippen LogP contribution in [0.4, 0.5) is 20.3 Å². The van der Waals surface area contributed by atoms with E-state index >= 15 is 0 Å². The molecule has 0 aliphatic rings. The van der Waals surface area contributed by atoms with Crippen LogP contribution in [0.25, 0.3) is 17.0 Å². The molecule has 4 aromatic heterocycles. The van der Waals surface area contributed by atoms with Gasteiger partial charge in [0.25, 0.3) is 0 Å². The summed E-state index contributed by atoms with van der Waals surface area (Å²) in [5.74, 6) is -0.634. The summed E-state index contributed by atoms with van der Waals surface area (Å²) >= 11 is 0. The standard InChI is InChI=1S/C16H10F2N6/c17-10-3-1-6-20-14(10)16-22-15(13-4-2-8-24(13)23-16)21-12-5-7-19-9-11(12)18/h1-9H,(H,19,21,22,23). The van der Waals surface area contributed by atoms with Crippen molar-refractivity contribution in [3.63, 3.8) is 0 Å². The lowest BCUT2D eigenvalue weighted by Gasteiger charge is -2.10. The van der Waals surface area contributed by atoms with E-state index < -0.39 is 11.6 Å². The van der Waals surface area contributed by atoms with Crippen molar-refractivity contribution in [3.05, 3.63) is 66.8 Å². The van der Waals surface area contributed by atoms with E-state index in [2.05, 4.69) is 25.4 Å². The number of fused-ring (bicyclic) bond motifs is 1. The van der Waals surface area contributed by atoms with Gasteiger partial charge in [0.05, 0.1) is 11.9 Å². The average molecular weight is 324 g/mol. The Morgan fingerprint density at radius 2 is 1.92 bits per heavy atom. The molecule has 24 heavy (non-hydrogen) atoms. The van der Waals surface area contributed by atoms with Crippen LogP contribution in [0, 0.1) is 11.6 Å². The Balaban J connectivity index is 1.87. The summed E-state index contributed by atoms with van der Waals surface area (Å²) in [5, 5.41) is 7.14. The van der Waals surface area contributed by atoms with Gasteiger partial charge in [-0.25, -0.2) is 23.3 Å². The number of nitrogens with zero attached hydrogens (tertiary/aromatic N) is 5. The predicted octanol–water partition coefficient (Wildman–Crippen LogP) is 3.21. The molecule has 0 unspecified atom stereocenters. The van der Waals surface area contributed by atoms with Crippen LogP contribution in [0.15, 0.2) is 55.1 Å². The molecule has 4 rings (SSSR count). The maximum atomic E-state index is 14.0. The molecule has 0 atom stereocenters. The van der Waals surface area contributed by atoms with Crippen LogP contribution in [0.5, 0.6) is 0 Å². The lowest BCUT2D eigenvalue weighted by molar-refractivity contribution is 0.622. The van der Waals surface area contributed by atoms with E-state index in [1.54, 1.807) is 18.3 Å². The van der Waals surface area contributed by atoms with Gasteiger partial charge in [-0.3, -0.25) is 4.98 Å². The normalized spacial score (nSPS) is 10.9. The van der Waals surface area contributed by atoms with Crippen molar-refractivity contribution in [1.82, 2.24) is 24.6 Å². The first kappa shape index (κ1) is 14.2. The first-order valence-electron chi connectivity index (χ1n) is 7.05. The minimum absolute atomic E-state index is 0.0198. The highest BCUT2D eigenvalue weighted by molar-refractivity contribution is 5.74. The monoisotopic (exact) mass is 324 g/mol. The molecule has 0 saturated carbocycles. The smallest absolute Gasteiger partial charge is 0.203 e. The number of pyridine rings is 2. The van der Waals surface area contributed by atoms with Gasteiger partial charge >= 0.3 is 0 Å². The molecule has 0 amide bonds. The highest BCUT2D eigenvalue weighted by Crippen LogP contribution is 2.24. The zero-order valence-corrected chi connectivity index (χ0v) is 12.2. The summed E-state index contributed by atoms with van der Waals surface area (Å²) < 4.78 is 29.4. The van der Waals surface area contributed by atoms with Gasteiger partial charge in [0.15, 0.2) is 17.5 Å². The van der Waals surface area contributed by atoms with Gasteiger partial charge in [-0.1, -0.05) is 0 Å². The Labute approximate surface area is 134 Å². The quantitative estimate of drug-likeness (QED) is 0.627. The predicted molar refractivity (Wildman–Crippen MR) is 83.7 cm³/mol. The molecule has 0 aromatic carbocycles. The molecule has 0 radical (unpaired) electrons. The van der Waals surface area contributed by atoms with Crippen LogP contribution in [-0.4, -0.2) is 24.6 Å². The second-order valence-electron chi connectivity index (χ2n) is 4.94. The van der Waals surface area contributed by atoms with Crippen molar-refractivity contribution in [1.29, 1.82) is 0 Å². The molecule has 0 bridgehead atoms. The second-order valence-corrected chi connectivity index (χ2v) is 4.94. The lowest BCUT2D eigenvalue weighted by Crippen LogP contribution is -2.05. The van der Waals surface area contributed by atoms with Crippen molar-refractivity contribution >= 4 is 17.0 Å². The number of anilines is 2. The molecule has 6 nitrogen and oxygen atoms in total. The molecular weight excluding hydrogens is 314 g/mol. The van der Waals surface area contributed by atoms with Crippen LogP contribution in [0.2, 0.25) is 0 Å². The van der Waals surface area contributed by atoms with Crippen LogP contribution >= 0.6 is 0 Å². The highest BCUT2D eigenvalue weighted by atomic mass is 19.1. The fourth-order valence-electron chi connectivity index (χ4n) is 2.28. The van der Waals surface area contributed by atoms with E-state index in [0.717, 1.165) is 6.20 Å². The Kier molecular flexibility index (Phi) is 3.34. The Hall–Kier alpha value is -3.42. The summed E-state index contributed by atoms with van der Waals surface area (Å²) in [5.41, 5.74) is 0.844. The third kappa shape index (κ3) is 2.43. The Bertz CT molecular complexity index is 1030. The SMILES string of the molecule is Fc1cnccc1Nc1nc(-c2ncccc2F)nn2cccc12. The van der Waals surface area contributed by atoms with Gasteiger partial charge in [-0.05, 0) is 30.3 Å². The molecule has 0 fully saturated rings. The number of hydrogen-bond acceptors (Lipinski definition) is 5. The molecule has 4 heterocycles. The number of aromatic nitrogens is 5. The zero-order chi connectivity index (χ0) is 16.5. The largest absolute Gasteiger partial charge is 0.336 e. The van der Waals surface area contributed by atoms with Gasteiger partial charge in [0.2, 0.25) is 5.82 Å². The van der Waals surface area contributed by atoms with Gasteiger partial charge in [0.1, 0.15) is 11.2 Å². The maximum Gasteiger partial charge on any atom is 0.203 e. The summed E-state index contributed by atoms with van der Waals surface area (Å²) in [6.45, 7) is 0. The van der Waals surface area contributed by atoms with Crippen molar-refractivity contribution in [2.45, 2.75) is 0 Å². The van der Waals surface area contributed by atoms with E-state index in [9.17, 15) is 8.78 Å². The van der Waals surface area contributed by atoms with Crippen LogP contribution in [0.1, 0.15) is 0 Å². The van der Waals surface area contributed by atoms with Crippen LogP contribution < -0.4 is 5.32 Å². The molecule has 0 spiro atoms. The average Bonchev–Trinajstić information content (AvgIpc) is 3.06. The van der Waals surface area contributed by atoms with Gasteiger partial charge in [0, 0.05) is 18.6 Å². The first-order valence-corrected chi connectivity index (χ1v) is 7.05. The number of rotatable bonds is 3. The third-order valence-corrected chi connectivity index (χ3v) is 3.39. The molecule has 0 saturated heterocycles. The topological polar surface area (TPSA) is 68.0 Å². The highest BCUT2D eigenvalue weighted by Gasteiger charge is 2.15. The van der Waals surface area contributed by atoms with E-state index in [1.807, 2.05) is 0 Å². The minimum atomic E-state index is -0.537. The molecular formula is C16H10F2N6. The number of hydrogen-bond donors (Lipinski definition) is 1. The number of halogens is 2. The summed E-state index contributed by atoms with van der Waals surface area (Å²) in [6, 6.07) is 7.77. The van der Waals surface area contributed by atoms with Crippen molar-refractivity contribution < 1.29 is 8.78 Å². The molecule has 1 N–H and O–H groups in total. The number of nitrogens with one attached hydrogen (secondary N) is 1. The second kappa shape index (κ2) is 5.65. The molecule has 0 aliphatic heterocycles. The van der Waals surface area contributed by atoms with Gasteiger partial charge in [-0.2, -0.15) is 0 Å². The molecule has 0 aliphatic carbocycles. The van der Waals surface area contributed by atoms with Crippen molar-refractivity contribution in [2.24, 2.45) is 0 Å². The summed E-state index contributed by atoms with van der Waals surface area (Å²) in [6.07, 6.45) is 5.70. The van der Waals surface area contributed by atoms with Crippen LogP contribution in [0.3, 0.4) is 0 Å². The fraction of sp³-hybridized carbons (Fsp3) is 0. The van der Waals surface area contributed by atoms with E-state index in [0.29, 0.717) is 11.3 Å². The first-order chi connectivity index (χ1) is 11.7. The molecule has 4 aromatic rings. The van der Waals surface area contributed by atoms with Gasteiger partial charge in [-0.15, -0.1) is 5.10 Å². The van der Waals surface area contributed by atoms with E-state index in [-0.39, 0.29) is 17.2 Å². The zero-order valence-electron chi connectivity index (χ0n) is 12.2. The summed E-state index contributed by atoms with van der Waals surface area (Å²) in [4.78, 5) is 12.0. The Morgan fingerprint density at radius 3 is 2.75 bits per heavy atom. The third-order valence-electron chi connectivity index (χ3n) is 3.39. The molecule has 8 heteroatoms. The van der Waals surface area contributed by atoms with E-state index in [1.165, 1.54) is 35.1 Å². The van der Waals surface area contributed by atoms with Crippen LogP contribution in [-0.2, 0) is 0 Å². The molecule has 118 valence electrons. The maximum absolute atomic E-state index is 14.0. The summed E-state index contributed by atoms with van der Waals surface area (Å²) in [7, 11) is 0. The van der Waals surface area contributed by atoms with Crippen molar-refractivity contribution in [3.8, 4) is 11.5 Å². The van der Waals surface area contributed by atoms with Crippen molar-refractivity contribution in [2.75, 3.05) is 5.32 Å². The lowest BCUT2D eigenvalue weighted by atomic mass is 10.3. The fourth-order valence-corrected chi connectivity index (χ4v) is 2.28. The minimum Gasteiger partial charge on any atom is -0.336 e. The van der Waals surface area contributed by atoms with E-state index in [4.69, 9.17) is 0 Å².